The number of hydrogen-bond donors (Lipinski definition) is 2. The highest BCUT2D eigenvalue weighted by Gasteiger charge is 2.25. The Balaban J connectivity index is 1.56. The molecule has 3 N–H and O–H groups in total. The van der Waals surface area contributed by atoms with E-state index >= 15 is 0 Å². The fourth-order valence-electron chi connectivity index (χ4n) is 3.79. The van der Waals surface area contributed by atoms with Gasteiger partial charge in [0.2, 0.25) is 0 Å². The SMILES string of the molecule is COc1ccc(-n2nc3c(c2C(=O)NCCc2ccc(N)cc2)CCCC3)cc1. The van der Waals surface area contributed by atoms with Crippen molar-refractivity contribution < 1.29 is 9.53 Å². The second kappa shape index (κ2) is 8.39. The number of nitrogens with one attached hydrogen (secondary N) is 1. The lowest BCUT2D eigenvalue weighted by Crippen LogP contribution is -2.29. The summed E-state index contributed by atoms with van der Waals surface area (Å²) in [5.74, 6) is 0.701. The number of anilines is 1. The summed E-state index contributed by atoms with van der Waals surface area (Å²) in [6, 6.07) is 15.4. The molecule has 6 nitrogen and oxygen atoms in total. The van der Waals surface area contributed by atoms with E-state index in [1.807, 2.05) is 48.5 Å². The van der Waals surface area contributed by atoms with Gasteiger partial charge >= 0.3 is 0 Å². The number of methoxy groups -OCH3 is 1. The van der Waals surface area contributed by atoms with Crippen LogP contribution in [0.15, 0.2) is 48.5 Å². The molecule has 0 unspecified atom stereocenters. The standard InChI is InChI=1S/C23H26N4O2/c1-29-19-12-10-18(11-13-19)27-22(20-4-2-3-5-21(20)26-27)23(28)25-15-14-16-6-8-17(24)9-7-16/h6-13H,2-5,14-15,24H2,1H3,(H,25,28). The van der Waals surface area contributed by atoms with Crippen molar-refractivity contribution in [3.63, 3.8) is 0 Å². The Morgan fingerprint density at radius 3 is 2.55 bits per heavy atom. The van der Waals surface area contributed by atoms with Gasteiger partial charge in [-0.15, -0.1) is 0 Å². The lowest BCUT2D eigenvalue weighted by Gasteiger charge is -2.13. The average molecular weight is 390 g/mol. The van der Waals surface area contributed by atoms with Gasteiger partial charge in [0.05, 0.1) is 18.5 Å². The molecule has 1 aliphatic carbocycles. The van der Waals surface area contributed by atoms with Crippen LogP contribution in [0.25, 0.3) is 5.69 Å². The van der Waals surface area contributed by atoms with Crippen LogP contribution < -0.4 is 15.8 Å². The number of benzene rings is 2. The Bertz CT molecular complexity index is 991. The largest absolute Gasteiger partial charge is 0.497 e. The van der Waals surface area contributed by atoms with Crippen LogP contribution in [-0.4, -0.2) is 29.3 Å². The van der Waals surface area contributed by atoms with Gasteiger partial charge in [-0.2, -0.15) is 5.10 Å². The summed E-state index contributed by atoms with van der Waals surface area (Å²) >= 11 is 0. The van der Waals surface area contributed by atoms with Gasteiger partial charge in [-0.1, -0.05) is 12.1 Å². The van der Waals surface area contributed by atoms with Crippen LogP contribution in [0.1, 0.15) is 40.2 Å². The van der Waals surface area contributed by atoms with Crippen molar-refractivity contribution in [2.24, 2.45) is 0 Å². The highest BCUT2D eigenvalue weighted by molar-refractivity contribution is 5.95. The smallest absolute Gasteiger partial charge is 0.270 e. The molecule has 3 aromatic rings. The molecule has 0 aliphatic heterocycles. The van der Waals surface area contributed by atoms with Crippen molar-refractivity contribution in [1.29, 1.82) is 0 Å². The third-order valence-corrected chi connectivity index (χ3v) is 5.37. The lowest BCUT2D eigenvalue weighted by molar-refractivity contribution is 0.0945. The maximum absolute atomic E-state index is 13.1. The first-order valence-corrected chi connectivity index (χ1v) is 10.0. The van der Waals surface area contributed by atoms with Crippen molar-refractivity contribution in [3.05, 3.63) is 71.0 Å². The fraction of sp³-hybridized carbons (Fsp3) is 0.304. The van der Waals surface area contributed by atoms with E-state index < -0.39 is 0 Å². The monoisotopic (exact) mass is 390 g/mol. The Labute approximate surface area is 170 Å². The van der Waals surface area contributed by atoms with Gasteiger partial charge in [-0.05, 0) is 74.1 Å². The molecule has 0 saturated heterocycles. The van der Waals surface area contributed by atoms with Crippen LogP contribution in [0.4, 0.5) is 5.69 Å². The van der Waals surface area contributed by atoms with E-state index in [4.69, 9.17) is 15.6 Å². The zero-order valence-electron chi connectivity index (χ0n) is 16.6. The summed E-state index contributed by atoms with van der Waals surface area (Å²) in [5.41, 5.74) is 11.3. The molecule has 0 spiro atoms. The minimum Gasteiger partial charge on any atom is -0.497 e. The molecule has 4 rings (SSSR count). The molecule has 29 heavy (non-hydrogen) atoms. The molecule has 2 aromatic carbocycles. The Morgan fingerprint density at radius 1 is 1.10 bits per heavy atom. The fourth-order valence-corrected chi connectivity index (χ4v) is 3.79. The van der Waals surface area contributed by atoms with E-state index in [0.717, 1.165) is 66.0 Å². The molecule has 0 atom stereocenters. The van der Waals surface area contributed by atoms with E-state index in [9.17, 15) is 4.79 Å². The van der Waals surface area contributed by atoms with Crippen LogP contribution in [-0.2, 0) is 19.3 Å². The molecule has 0 bridgehead atoms. The molecule has 1 aromatic heterocycles. The summed E-state index contributed by atoms with van der Waals surface area (Å²) in [7, 11) is 1.64. The number of nitrogens with zero attached hydrogens (tertiary/aromatic N) is 2. The number of carbonyl (C=O) groups excluding carboxylic acids is 1. The summed E-state index contributed by atoms with van der Waals surface area (Å²) in [6.45, 7) is 0.561. The van der Waals surface area contributed by atoms with Crippen molar-refractivity contribution in [2.45, 2.75) is 32.1 Å². The zero-order valence-corrected chi connectivity index (χ0v) is 16.6. The van der Waals surface area contributed by atoms with Crippen LogP contribution in [0.5, 0.6) is 5.75 Å². The first-order chi connectivity index (χ1) is 14.2. The van der Waals surface area contributed by atoms with Crippen LogP contribution in [0.3, 0.4) is 0 Å². The number of hydrogen-bond acceptors (Lipinski definition) is 4. The predicted octanol–water partition coefficient (Wildman–Crippen LogP) is 3.31. The van der Waals surface area contributed by atoms with E-state index in [-0.39, 0.29) is 5.91 Å². The Kier molecular flexibility index (Phi) is 5.51. The molecule has 6 heteroatoms. The van der Waals surface area contributed by atoms with Gasteiger partial charge in [0.15, 0.2) is 0 Å². The summed E-state index contributed by atoms with van der Waals surface area (Å²) in [6.07, 6.45) is 4.78. The van der Waals surface area contributed by atoms with Gasteiger partial charge in [0, 0.05) is 17.8 Å². The minimum absolute atomic E-state index is 0.0769. The van der Waals surface area contributed by atoms with Gasteiger partial charge < -0.3 is 15.8 Å². The van der Waals surface area contributed by atoms with E-state index in [0.29, 0.717) is 12.2 Å². The van der Waals surface area contributed by atoms with Gasteiger partial charge in [-0.3, -0.25) is 4.79 Å². The van der Waals surface area contributed by atoms with Crippen molar-refractivity contribution >= 4 is 11.6 Å². The Hall–Kier alpha value is -3.28. The number of rotatable bonds is 6. The molecule has 0 radical (unpaired) electrons. The maximum atomic E-state index is 13.1. The second-order valence-corrected chi connectivity index (χ2v) is 7.34. The van der Waals surface area contributed by atoms with Crippen molar-refractivity contribution in [3.8, 4) is 11.4 Å². The minimum atomic E-state index is -0.0769. The molecular weight excluding hydrogens is 364 g/mol. The zero-order chi connectivity index (χ0) is 20.2. The molecule has 1 amide bonds. The van der Waals surface area contributed by atoms with Gasteiger partial charge in [-0.25, -0.2) is 4.68 Å². The molecule has 150 valence electrons. The lowest BCUT2D eigenvalue weighted by atomic mass is 9.95. The number of aryl methyl sites for hydroxylation is 1. The first-order valence-electron chi connectivity index (χ1n) is 10.0. The van der Waals surface area contributed by atoms with Crippen LogP contribution >= 0.6 is 0 Å². The second-order valence-electron chi connectivity index (χ2n) is 7.34. The molecule has 0 fully saturated rings. The number of carbonyl (C=O) groups is 1. The molecular formula is C23H26N4O2. The summed E-state index contributed by atoms with van der Waals surface area (Å²) < 4.78 is 7.04. The first kappa shape index (κ1) is 19.1. The van der Waals surface area contributed by atoms with E-state index in [1.54, 1.807) is 11.8 Å². The number of amides is 1. The Morgan fingerprint density at radius 2 is 1.83 bits per heavy atom. The normalized spacial score (nSPS) is 13.0. The van der Waals surface area contributed by atoms with Gasteiger partial charge in [0.1, 0.15) is 11.4 Å². The topological polar surface area (TPSA) is 82.2 Å². The van der Waals surface area contributed by atoms with Crippen LogP contribution in [0.2, 0.25) is 0 Å². The third-order valence-electron chi connectivity index (χ3n) is 5.37. The number of aromatic nitrogens is 2. The summed E-state index contributed by atoms with van der Waals surface area (Å²) in [5, 5.41) is 7.85. The van der Waals surface area contributed by atoms with Crippen LogP contribution in [0, 0.1) is 0 Å². The maximum Gasteiger partial charge on any atom is 0.270 e. The molecule has 1 aliphatic rings. The highest BCUT2D eigenvalue weighted by atomic mass is 16.5. The molecule has 1 heterocycles. The molecule has 0 saturated carbocycles. The average Bonchev–Trinajstić information content (AvgIpc) is 3.15. The number of nitrogen functional groups attached to an aromatic ring is 1. The van der Waals surface area contributed by atoms with Gasteiger partial charge in [0.25, 0.3) is 5.91 Å². The quantitative estimate of drug-likeness (QED) is 0.633. The number of nitrogens with two attached hydrogens (primary N) is 1. The van der Waals surface area contributed by atoms with Crippen molar-refractivity contribution in [1.82, 2.24) is 15.1 Å². The predicted molar refractivity (Wildman–Crippen MR) is 114 cm³/mol. The van der Waals surface area contributed by atoms with E-state index in [1.165, 1.54) is 0 Å². The number of fused-ring (bicyclic) bond motifs is 1. The third kappa shape index (κ3) is 4.11. The summed E-state index contributed by atoms with van der Waals surface area (Å²) in [4.78, 5) is 13.1. The highest BCUT2D eigenvalue weighted by Crippen LogP contribution is 2.27. The number of ether oxygens (including phenoxy) is 1. The van der Waals surface area contributed by atoms with Crippen molar-refractivity contribution in [2.75, 3.05) is 19.4 Å². The van der Waals surface area contributed by atoms with E-state index in [2.05, 4.69) is 5.32 Å².